The van der Waals surface area contributed by atoms with E-state index < -0.39 is 15.3 Å². The molecular formula is C24H28ClN3O3S. The van der Waals surface area contributed by atoms with Gasteiger partial charge >= 0.3 is 0 Å². The molecule has 1 atom stereocenters. The van der Waals surface area contributed by atoms with Crippen LogP contribution in [0.4, 0.5) is 0 Å². The van der Waals surface area contributed by atoms with Crippen LogP contribution in [0.5, 0.6) is 5.75 Å². The van der Waals surface area contributed by atoms with Crippen molar-refractivity contribution in [1.82, 2.24) is 14.1 Å². The number of rotatable bonds is 7. The second-order valence-corrected chi connectivity index (χ2v) is 11.1. The Morgan fingerprint density at radius 2 is 1.88 bits per heavy atom. The summed E-state index contributed by atoms with van der Waals surface area (Å²) in [5.74, 6) is 0.711. The van der Waals surface area contributed by atoms with Gasteiger partial charge in [-0.3, -0.25) is 0 Å². The van der Waals surface area contributed by atoms with E-state index >= 15 is 0 Å². The maximum atomic E-state index is 13.1. The third-order valence-corrected chi connectivity index (χ3v) is 8.45. The van der Waals surface area contributed by atoms with Gasteiger partial charge in [0.15, 0.2) is 0 Å². The summed E-state index contributed by atoms with van der Waals surface area (Å²) in [7, 11) is -1.76. The van der Waals surface area contributed by atoms with E-state index in [-0.39, 0.29) is 6.54 Å². The lowest BCUT2D eigenvalue weighted by molar-refractivity contribution is 0.408. The van der Waals surface area contributed by atoms with Crippen LogP contribution in [0.1, 0.15) is 43.5 Å². The molecule has 1 aliphatic heterocycles. The van der Waals surface area contributed by atoms with E-state index in [0.29, 0.717) is 23.7 Å². The second-order valence-electron chi connectivity index (χ2n) is 8.28. The molecule has 0 amide bonds. The molecular weight excluding hydrogens is 446 g/mol. The first-order chi connectivity index (χ1) is 15.3. The fraction of sp³-hybridized carbons (Fsp3) is 0.375. The number of hydrogen-bond donors (Lipinski definition) is 0. The lowest BCUT2D eigenvalue weighted by Crippen LogP contribution is -2.34. The summed E-state index contributed by atoms with van der Waals surface area (Å²) >= 11 is 6.13. The van der Waals surface area contributed by atoms with E-state index in [2.05, 4.69) is 0 Å². The van der Waals surface area contributed by atoms with Gasteiger partial charge in [-0.1, -0.05) is 43.1 Å². The summed E-state index contributed by atoms with van der Waals surface area (Å²) in [6.07, 6.45) is 1.47. The van der Waals surface area contributed by atoms with Crippen molar-refractivity contribution in [2.75, 3.05) is 7.11 Å². The lowest BCUT2D eigenvalue weighted by Gasteiger charge is -2.21. The molecule has 0 bridgehead atoms. The van der Waals surface area contributed by atoms with Crippen molar-refractivity contribution in [2.24, 2.45) is 0 Å². The van der Waals surface area contributed by atoms with Crippen LogP contribution < -0.4 is 4.74 Å². The lowest BCUT2D eigenvalue weighted by atomic mass is 10.1. The maximum absolute atomic E-state index is 13.1. The number of aryl methyl sites for hydroxylation is 1. The van der Waals surface area contributed by atoms with Gasteiger partial charge in [0.25, 0.3) is 0 Å². The zero-order valence-electron chi connectivity index (χ0n) is 18.8. The third-order valence-electron chi connectivity index (χ3n) is 5.97. The van der Waals surface area contributed by atoms with Gasteiger partial charge in [-0.2, -0.15) is 9.40 Å². The molecule has 0 fully saturated rings. The van der Waals surface area contributed by atoms with Gasteiger partial charge in [-0.15, -0.1) is 0 Å². The molecule has 32 heavy (non-hydrogen) atoms. The van der Waals surface area contributed by atoms with Crippen LogP contribution in [0.15, 0.2) is 42.5 Å². The van der Waals surface area contributed by atoms with Crippen LogP contribution in [0.25, 0.3) is 16.9 Å². The number of ether oxygens (including phenoxy) is 1. The Kier molecular flexibility index (Phi) is 6.34. The number of benzene rings is 2. The van der Waals surface area contributed by atoms with Crippen LogP contribution >= 0.6 is 11.6 Å². The van der Waals surface area contributed by atoms with Crippen molar-refractivity contribution in [1.29, 1.82) is 0 Å². The van der Waals surface area contributed by atoms with E-state index in [1.54, 1.807) is 18.3 Å². The van der Waals surface area contributed by atoms with E-state index in [9.17, 15) is 8.42 Å². The predicted molar refractivity (Wildman–Crippen MR) is 128 cm³/mol. The fourth-order valence-electron chi connectivity index (χ4n) is 4.22. The number of methoxy groups -OCH3 is 1. The second kappa shape index (κ2) is 8.89. The van der Waals surface area contributed by atoms with E-state index in [0.717, 1.165) is 40.2 Å². The van der Waals surface area contributed by atoms with Crippen molar-refractivity contribution >= 4 is 21.6 Å². The molecule has 170 valence electrons. The van der Waals surface area contributed by atoms with Gasteiger partial charge in [-0.05, 0) is 50.1 Å². The molecule has 3 aromatic rings. The number of nitrogens with zero attached hydrogens (tertiary/aromatic N) is 3. The van der Waals surface area contributed by atoms with Crippen LogP contribution in [0, 0.1) is 6.92 Å². The van der Waals surface area contributed by atoms with Crippen molar-refractivity contribution in [3.05, 3.63) is 64.3 Å². The van der Waals surface area contributed by atoms with Gasteiger partial charge < -0.3 is 4.74 Å². The highest BCUT2D eigenvalue weighted by atomic mass is 35.5. The fourth-order valence-corrected chi connectivity index (χ4v) is 6.00. The first-order valence-corrected chi connectivity index (χ1v) is 12.6. The number of sulfonamides is 1. The molecule has 4 rings (SSSR count). The number of fused-ring (bicyclic) bond motifs is 1. The molecule has 1 aromatic heterocycles. The van der Waals surface area contributed by atoms with Crippen LogP contribution in [-0.4, -0.2) is 34.9 Å². The third kappa shape index (κ3) is 4.05. The molecule has 0 saturated heterocycles. The van der Waals surface area contributed by atoms with Crippen LogP contribution in [-0.2, 0) is 23.1 Å². The number of halogens is 1. The SMILES string of the molecule is CCCC(C)S(=O)(=O)N1Cc2nn(-c3ccc(C)cc3OC)c(-c3ccc(Cl)cc3)c2C1. The Morgan fingerprint density at radius 3 is 2.53 bits per heavy atom. The largest absolute Gasteiger partial charge is 0.494 e. The van der Waals surface area contributed by atoms with E-state index in [4.69, 9.17) is 21.4 Å². The van der Waals surface area contributed by atoms with Gasteiger partial charge in [-0.25, -0.2) is 13.1 Å². The van der Waals surface area contributed by atoms with Crippen LogP contribution in [0.3, 0.4) is 0 Å². The molecule has 0 N–H and O–H groups in total. The molecule has 1 unspecified atom stereocenters. The minimum atomic E-state index is -3.40. The molecule has 2 aromatic carbocycles. The van der Waals surface area contributed by atoms with E-state index in [1.807, 2.05) is 61.0 Å². The van der Waals surface area contributed by atoms with Gasteiger partial charge in [0.05, 0.1) is 30.3 Å². The summed E-state index contributed by atoms with van der Waals surface area (Å²) in [6, 6.07) is 13.5. The minimum absolute atomic E-state index is 0.271. The molecule has 0 aliphatic carbocycles. The summed E-state index contributed by atoms with van der Waals surface area (Å²) < 4.78 is 35.3. The minimum Gasteiger partial charge on any atom is -0.494 e. The zero-order chi connectivity index (χ0) is 23.0. The topological polar surface area (TPSA) is 64.4 Å². The van der Waals surface area contributed by atoms with Crippen molar-refractivity contribution in [2.45, 2.75) is 52.0 Å². The summed E-state index contributed by atoms with van der Waals surface area (Å²) in [5.41, 5.74) is 5.37. The van der Waals surface area contributed by atoms with Gasteiger partial charge in [0, 0.05) is 22.7 Å². The Bertz CT molecular complexity index is 1240. The molecule has 0 radical (unpaired) electrons. The highest BCUT2D eigenvalue weighted by Gasteiger charge is 2.37. The summed E-state index contributed by atoms with van der Waals surface area (Å²) in [5, 5.41) is 5.09. The Morgan fingerprint density at radius 1 is 1.16 bits per heavy atom. The first kappa shape index (κ1) is 22.8. The molecule has 8 heteroatoms. The number of aromatic nitrogens is 2. The van der Waals surface area contributed by atoms with Gasteiger partial charge in [0.2, 0.25) is 10.0 Å². The molecule has 6 nitrogen and oxygen atoms in total. The number of hydrogen-bond acceptors (Lipinski definition) is 4. The van der Waals surface area contributed by atoms with Crippen molar-refractivity contribution in [3.63, 3.8) is 0 Å². The molecule has 1 aliphatic rings. The quantitative estimate of drug-likeness (QED) is 0.464. The smallest absolute Gasteiger partial charge is 0.217 e. The first-order valence-electron chi connectivity index (χ1n) is 10.8. The highest BCUT2D eigenvalue weighted by molar-refractivity contribution is 7.89. The van der Waals surface area contributed by atoms with Crippen LogP contribution in [0.2, 0.25) is 5.02 Å². The van der Waals surface area contributed by atoms with E-state index in [1.165, 1.54) is 0 Å². The Balaban J connectivity index is 1.84. The molecule has 0 spiro atoms. The standard InChI is InChI=1S/C24H28ClN3O3S/c1-5-6-17(3)32(29,30)27-14-20-21(15-27)26-28(22-12-7-16(2)13-23(22)31-4)24(20)18-8-10-19(25)11-9-18/h7-13,17H,5-6,14-15H2,1-4H3. The highest BCUT2D eigenvalue weighted by Crippen LogP contribution is 2.38. The van der Waals surface area contributed by atoms with Crippen molar-refractivity contribution in [3.8, 4) is 22.7 Å². The zero-order valence-corrected chi connectivity index (χ0v) is 20.4. The van der Waals surface area contributed by atoms with Crippen molar-refractivity contribution < 1.29 is 13.2 Å². The molecule has 0 saturated carbocycles. The summed E-state index contributed by atoms with van der Waals surface area (Å²) in [4.78, 5) is 0. The Labute approximate surface area is 194 Å². The monoisotopic (exact) mass is 473 g/mol. The normalized spacial score (nSPS) is 15.0. The molecule has 2 heterocycles. The predicted octanol–water partition coefficient (Wildman–Crippen LogP) is 5.34. The maximum Gasteiger partial charge on any atom is 0.217 e. The average Bonchev–Trinajstić information content (AvgIpc) is 3.33. The average molecular weight is 474 g/mol. The summed E-state index contributed by atoms with van der Waals surface area (Å²) in [6.45, 7) is 6.37. The Hall–Kier alpha value is -2.35. The van der Waals surface area contributed by atoms with Gasteiger partial charge in [0.1, 0.15) is 11.4 Å².